The van der Waals surface area contributed by atoms with Crippen LogP contribution in [0, 0.1) is 29.9 Å². The summed E-state index contributed by atoms with van der Waals surface area (Å²) in [5, 5.41) is 13.1. The van der Waals surface area contributed by atoms with Gasteiger partial charge in [-0.05, 0) is 53.9 Å². The number of hydrogen-bond acceptors (Lipinski definition) is 3. The third-order valence-corrected chi connectivity index (χ3v) is 5.57. The van der Waals surface area contributed by atoms with E-state index in [1.165, 1.54) is 6.07 Å². The third-order valence-electron chi connectivity index (χ3n) is 4.55. The molecular formula is C22H14Cl2F2N2OS. The van der Waals surface area contributed by atoms with Crippen LogP contribution in [-0.2, 0) is 0 Å². The summed E-state index contributed by atoms with van der Waals surface area (Å²) in [6.07, 6.45) is 0. The highest BCUT2D eigenvalue weighted by Crippen LogP contribution is 2.34. The van der Waals surface area contributed by atoms with Crippen molar-refractivity contribution in [2.45, 2.75) is 17.7 Å². The zero-order valence-corrected chi connectivity index (χ0v) is 17.9. The molecule has 152 valence electrons. The van der Waals surface area contributed by atoms with Gasteiger partial charge in [-0.2, -0.15) is 5.26 Å². The lowest BCUT2D eigenvalue weighted by molar-refractivity contribution is 0.102. The highest BCUT2D eigenvalue weighted by Gasteiger charge is 2.21. The van der Waals surface area contributed by atoms with E-state index in [0.29, 0.717) is 21.8 Å². The van der Waals surface area contributed by atoms with Crippen molar-refractivity contribution in [1.29, 1.82) is 5.26 Å². The van der Waals surface area contributed by atoms with Gasteiger partial charge >= 0.3 is 0 Å². The Morgan fingerprint density at radius 2 is 1.80 bits per heavy atom. The van der Waals surface area contributed by atoms with Gasteiger partial charge in [-0.25, -0.2) is 8.78 Å². The Bertz CT molecular complexity index is 1180. The van der Waals surface area contributed by atoms with Crippen LogP contribution in [0.3, 0.4) is 0 Å². The first-order valence-corrected chi connectivity index (χ1v) is 9.86. The Morgan fingerprint density at radius 1 is 1.13 bits per heavy atom. The molecule has 1 N–H and O–H groups in total. The van der Waals surface area contributed by atoms with E-state index in [-0.39, 0.29) is 15.5 Å². The number of nitrogens with zero attached hydrogens (tertiary/aromatic N) is 1. The molecule has 0 spiro atoms. The third kappa shape index (κ3) is 4.44. The van der Waals surface area contributed by atoms with Crippen molar-refractivity contribution in [2.75, 3.05) is 5.32 Å². The average Bonchev–Trinajstić information content (AvgIpc) is 2.71. The molecule has 0 radical (unpaired) electrons. The number of amides is 1. The maximum absolute atomic E-state index is 13.7. The van der Waals surface area contributed by atoms with Crippen molar-refractivity contribution in [3.8, 4) is 6.07 Å². The molecule has 3 nitrogen and oxygen atoms in total. The second kappa shape index (κ2) is 9.05. The number of thiol groups is 1. The van der Waals surface area contributed by atoms with Crippen molar-refractivity contribution in [1.82, 2.24) is 0 Å². The van der Waals surface area contributed by atoms with Gasteiger partial charge in [0.2, 0.25) is 0 Å². The minimum atomic E-state index is -1.20. The van der Waals surface area contributed by atoms with Crippen LogP contribution in [0.4, 0.5) is 14.5 Å². The van der Waals surface area contributed by atoms with Crippen LogP contribution in [0.25, 0.3) is 0 Å². The number of rotatable bonds is 4. The zero-order valence-electron chi connectivity index (χ0n) is 15.5. The molecule has 1 atom stereocenters. The van der Waals surface area contributed by atoms with Gasteiger partial charge in [-0.3, -0.25) is 4.79 Å². The summed E-state index contributed by atoms with van der Waals surface area (Å²) >= 11 is 16.2. The van der Waals surface area contributed by atoms with Crippen LogP contribution in [0.1, 0.15) is 33.0 Å². The van der Waals surface area contributed by atoms with E-state index in [9.17, 15) is 18.8 Å². The average molecular weight is 463 g/mol. The van der Waals surface area contributed by atoms with Crippen molar-refractivity contribution < 1.29 is 13.6 Å². The van der Waals surface area contributed by atoms with Gasteiger partial charge in [-0.1, -0.05) is 41.4 Å². The maximum atomic E-state index is 13.7. The Balaban J connectivity index is 1.93. The fourth-order valence-electron chi connectivity index (χ4n) is 2.95. The predicted octanol–water partition coefficient (Wildman–Crippen LogP) is 6.78. The number of halogens is 4. The number of carbonyl (C=O) groups is 1. The highest BCUT2D eigenvalue weighted by molar-refractivity contribution is 7.80. The fourth-order valence-corrected chi connectivity index (χ4v) is 3.63. The van der Waals surface area contributed by atoms with E-state index < -0.39 is 23.5 Å². The molecular weight excluding hydrogens is 449 g/mol. The summed E-state index contributed by atoms with van der Waals surface area (Å²) in [4.78, 5) is 12.1. The van der Waals surface area contributed by atoms with E-state index >= 15 is 0 Å². The maximum Gasteiger partial charge on any atom is 0.256 e. The molecule has 1 amide bonds. The number of nitriles is 1. The number of hydrogen-bond donors (Lipinski definition) is 2. The van der Waals surface area contributed by atoms with Crippen LogP contribution in [0.15, 0.2) is 53.4 Å². The Hall–Kier alpha value is -2.59. The van der Waals surface area contributed by atoms with Gasteiger partial charge in [0.25, 0.3) is 5.91 Å². The van der Waals surface area contributed by atoms with Crippen LogP contribution in [0.5, 0.6) is 0 Å². The lowest BCUT2D eigenvalue weighted by Gasteiger charge is -2.16. The van der Waals surface area contributed by atoms with E-state index in [1.807, 2.05) is 0 Å². The molecule has 3 rings (SSSR count). The van der Waals surface area contributed by atoms with Crippen LogP contribution >= 0.6 is 35.8 Å². The molecule has 8 heteroatoms. The normalized spacial score (nSPS) is 11.6. The smallest absolute Gasteiger partial charge is 0.256 e. The van der Waals surface area contributed by atoms with Crippen molar-refractivity contribution in [3.05, 3.63) is 92.5 Å². The second-order valence-corrected chi connectivity index (χ2v) is 7.80. The molecule has 3 aromatic carbocycles. The number of benzene rings is 3. The molecule has 0 aliphatic rings. The topological polar surface area (TPSA) is 52.9 Å². The number of anilines is 1. The Labute approximate surface area is 187 Å². The Kier molecular flexibility index (Phi) is 6.67. The van der Waals surface area contributed by atoms with Crippen LogP contribution in [0.2, 0.25) is 10.0 Å². The monoisotopic (exact) mass is 462 g/mol. The first kappa shape index (κ1) is 22.1. The molecule has 0 saturated carbocycles. The van der Waals surface area contributed by atoms with Gasteiger partial charge in [0.15, 0.2) is 11.6 Å². The molecule has 30 heavy (non-hydrogen) atoms. The predicted molar refractivity (Wildman–Crippen MR) is 117 cm³/mol. The number of aryl methyl sites for hydroxylation is 1. The molecule has 0 heterocycles. The summed E-state index contributed by atoms with van der Waals surface area (Å²) in [6, 6.07) is 14.3. The Morgan fingerprint density at radius 3 is 2.43 bits per heavy atom. The largest absolute Gasteiger partial charge is 0.322 e. The summed E-state index contributed by atoms with van der Waals surface area (Å²) in [7, 11) is 0. The molecule has 0 fully saturated rings. The van der Waals surface area contributed by atoms with E-state index in [4.69, 9.17) is 23.2 Å². The molecule has 0 bridgehead atoms. The zero-order chi connectivity index (χ0) is 22.0. The number of carbonyl (C=O) groups excluding carboxylic acids is 1. The molecule has 0 aliphatic carbocycles. The quantitative estimate of drug-likeness (QED) is 0.420. The molecule has 3 aromatic rings. The van der Waals surface area contributed by atoms with E-state index in [1.54, 1.807) is 37.3 Å². The van der Waals surface area contributed by atoms with Crippen molar-refractivity contribution >= 4 is 47.4 Å². The molecule has 0 aromatic heterocycles. The molecule has 1 unspecified atom stereocenters. The summed E-state index contributed by atoms with van der Waals surface area (Å²) < 4.78 is 27.0. The minimum Gasteiger partial charge on any atom is -0.322 e. The first-order chi connectivity index (χ1) is 14.2. The standard InChI is InChI=1S/C22H14Cl2F2N2OS/c1-11-8-15(16(10-27)12-2-4-13(23)5-3-12)17(24)9-19(11)28-22(29)14-6-7-18(25)20(26)21(14)30/h2-9,16,30H,1H3,(H,28,29). The SMILES string of the molecule is Cc1cc(C(C#N)c2ccc(Cl)cc2)c(Cl)cc1NC(=O)c1ccc(F)c(F)c1S. The van der Waals surface area contributed by atoms with E-state index in [0.717, 1.165) is 17.7 Å². The van der Waals surface area contributed by atoms with Gasteiger partial charge in [0.1, 0.15) is 0 Å². The van der Waals surface area contributed by atoms with Gasteiger partial charge in [0, 0.05) is 15.7 Å². The fraction of sp³-hybridized carbons (Fsp3) is 0.0909. The summed E-state index contributed by atoms with van der Waals surface area (Å²) in [5.74, 6) is -3.59. The summed E-state index contributed by atoms with van der Waals surface area (Å²) in [5.41, 5.74) is 2.19. The van der Waals surface area contributed by atoms with Crippen LogP contribution < -0.4 is 5.32 Å². The van der Waals surface area contributed by atoms with Crippen molar-refractivity contribution in [3.63, 3.8) is 0 Å². The lowest BCUT2D eigenvalue weighted by atomic mass is 9.91. The lowest BCUT2D eigenvalue weighted by Crippen LogP contribution is -2.15. The molecule has 0 saturated heterocycles. The van der Waals surface area contributed by atoms with Gasteiger partial charge in [0.05, 0.1) is 22.4 Å². The minimum absolute atomic E-state index is 0.118. The highest BCUT2D eigenvalue weighted by atomic mass is 35.5. The van der Waals surface area contributed by atoms with Gasteiger partial charge in [-0.15, -0.1) is 12.6 Å². The second-order valence-electron chi connectivity index (χ2n) is 6.51. The molecule has 0 aliphatic heterocycles. The number of nitrogens with one attached hydrogen (secondary N) is 1. The summed E-state index contributed by atoms with van der Waals surface area (Å²) in [6.45, 7) is 1.73. The van der Waals surface area contributed by atoms with E-state index in [2.05, 4.69) is 24.0 Å². The van der Waals surface area contributed by atoms with Crippen LogP contribution in [-0.4, -0.2) is 5.91 Å². The van der Waals surface area contributed by atoms with Gasteiger partial charge < -0.3 is 5.32 Å². The first-order valence-electron chi connectivity index (χ1n) is 8.66. The van der Waals surface area contributed by atoms with Crippen molar-refractivity contribution in [2.24, 2.45) is 0 Å².